The number of hydrogen-bond acceptors (Lipinski definition) is 4. The maximum atomic E-state index is 12.3. The average Bonchev–Trinajstić information content (AvgIpc) is 2.70. The van der Waals surface area contributed by atoms with Crippen LogP contribution < -0.4 is 15.2 Å². The molecular weight excluding hydrogens is 304 g/mol. The van der Waals surface area contributed by atoms with Crippen LogP contribution in [-0.4, -0.2) is 28.9 Å². The molecule has 1 unspecified atom stereocenters. The van der Waals surface area contributed by atoms with Gasteiger partial charge in [-0.3, -0.25) is 4.79 Å². The molecule has 1 atom stereocenters. The minimum absolute atomic E-state index is 0.0713. The summed E-state index contributed by atoms with van der Waals surface area (Å²) in [5, 5.41) is 11.2. The molecule has 124 valence electrons. The molecule has 1 aromatic heterocycles. The Balaban J connectivity index is 2.21. The van der Waals surface area contributed by atoms with Crippen LogP contribution in [0, 0.1) is 6.92 Å². The monoisotopic (exact) mass is 324 g/mol. The number of nitrogens with zero attached hydrogens (tertiary/aromatic N) is 2. The number of aromatic nitrogens is 1. The zero-order valence-electron chi connectivity index (χ0n) is 14.1. The van der Waals surface area contributed by atoms with Crippen LogP contribution in [0.5, 0.6) is 5.75 Å². The highest BCUT2D eigenvalue weighted by Gasteiger charge is 2.31. The Kier molecular flexibility index (Phi) is 3.12. The van der Waals surface area contributed by atoms with E-state index in [1.165, 1.54) is 0 Å². The molecule has 0 bridgehead atoms. The Morgan fingerprint density at radius 3 is 2.83 bits per heavy atom. The van der Waals surface area contributed by atoms with Gasteiger partial charge in [-0.1, -0.05) is 6.58 Å². The molecule has 0 saturated heterocycles. The fourth-order valence-electron chi connectivity index (χ4n) is 3.65. The van der Waals surface area contributed by atoms with Crippen LogP contribution in [0.15, 0.2) is 35.3 Å². The first-order valence-corrected chi connectivity index (χ1v) is 8.02. The predicted molar refractivity (Wildman–Crippen MR) is 95.6 cm³/mol. The molecule has 2 aromatic rings. The number of allylic oxidation sites excluding steroid dienone is 2. The maximum absolute atomic E-state index is 12.3. The summed E-state index contributed by atoms with van der Waals surface area (Å²) in [7, 11) is 1.75. The zero-order valence-corrected chi connectivity index (χ0v) is 14.1. The summed E-state index contributed by atoms with van der Waals surface area (Å²) in [6.07, 6.45) is 1.40. The first-order chi connectivity index (χ1) is 11.4. The van der Waals surface area contributed by atoms with Crippen molar-refractivity contribution >= 4 is 22.2 Å². The summed E-state index contributed by atoms with van der Waals surface area (Å²) < 4.78 is 7.60. The molecule has 0 radical (unpaired) electrons. The highest BCUT2D eigenvalue weighted by Crippen LogP contribution is 2.47. The van der Waals surface area contributed by atoms with Gasteiger partial charge in [-0.2, -0.15) is 0 Å². The van der Waals surface area contributed by atoms with E-state index < -0.39 is 6.10 Å². The lowest BCUT2D eigenvalue weighted by atomic mass is 9.94. The molecule has 4 rings (SSSR count). The molecule has 0 saturated carbocycles. The third-order valence-corrected chi connectivity index (χ3v) is 4.90. The van der Waals surface area contributed by atoms with Crippen molar-refractivity contribution in [3.63, 3.8) is 0 Å². The van der Waals surface area contributed by atoms with Crippen molar-refractivity contribution < 1.29 is 9.84 Å². The third kappa shape index (κ3) is 1.94. The van der Waals surface area contributed by atoms with E-state index in [1.807, 2.05) is 24.8 Å². The number of aryl methyl sites for hydroxylation is 2. The number of anilines is 1. The Labute approximate surface area is 140 Å². The molecule has 2 aliphatic heterocycles. The number of fused-ring (bicyclic) bond motifs is 2. The third-order valence-electron chi connectivity index (χ3n) is 4.90. The van der Waals surface area contributed by atoms with E-state index in [0.29, 0.717) is 12.3 Å². The van der Waals surface area contributed by atoms with Gasteiger partial charge in [0.15, 0.2) is 5.75 Å². The quantitative estimate of drug-likeness (QED) is 0.808. The van der Waals surface area contributed by atoms with Gasteiger partial charge in [-0.05, 0) is 37.1 Å². The molecule has 2 aliphatic rings. The standard InChI is InChI=1S/C19H20N2O3/c1-10-5-12(3)21-8-13(22)9-24-19-17-14(7-15(10)18(19)21)11(2)6-16(23)20(17)4/h5-7,13,22H,3,8-9H2,1-2,4H3. The maximum Gasteiger partial charge on any atom is 0.251 e. The van der Waals surface area contributed by atoms with E-state index in [9.17, 15) is 9.90 Å². The largest absolute Gasteiger partial charge is 0.486 e. The predicted octanol–water partition coefficient (Wildman–Crippen LogP) is 2.34. The Bertz CT molecular complexity index is 984. The van der Waals surface area contributed by atoms with E-state index in [1.54, 1.807) is 17.7 Å². The molecular formula is C19H20N2O3. The van der Waals surface area contributed by atoms with Gasteiger partial charge in [0.05, 0.1) is 17.7 Å². The van der Waals surface area contributed by atoms with E-state index in [2.05, 4.69) is 12.6 Å². The van der Waals surface area contributed by atoms with Crippen molar-refractivity contribution in [1.82, 2.24) is 4.57 Å². The number of rotatable bonds is 0. The van der Waals surface area contributed by atoms with Gasteiger partial charge in [0.1, 0.15) is 12.7 Å². The fraction of sp³-hybridized carbons (Fsp3) is 0.316. The lowest BCUT2D eigenvalue weighted by Crippen LogP contribution is -2.33. The number of hydrogen-bond donors (Lipinski definition) is 1. The smallest absolute Gasteiger partial charge is 0.251 e. The number of aliphatic hydroxyl groups excluding tert-OH is 1. The van der Waals surface area contributed by atoms with Gasteiger partial charge in [-0.15, -0.1) is 0 Å². The summed E-state index contributed by atoms with van der Waals surface area (Å²) in [4.78, 5) is 14.3. The highest BCUT2D eigenvalue weighted by molar-refractivity contribution is 6.01. The molecule has 24 heavy (non-hydrogen) atoms. The molecule has 0 fully saturated rings. The van der Waals surface area contributed by atoms with Crippen molar-refractivity contribution in [2.75, 3.05) is 18.1 Å². The molecule has 1 aromatic carbocycles. The number of ether oxygens (including phenoxy) is 1. The van der Waals surface area contributed by atoms with Crippen LogP contribution in [-0.2, 0) is 7.05 Å². The molecule has 5 heteroatoms. The second-order valence-corrected chi connectivity index (χ2v) is 6.62. The summed E-state index contributed by atoms with van der Waals surface area (Å²) in [6, 6.07) is 3.75. The van der Waals surface area contributed by atoms with Gasteiger partial charge in [-0.25, -0.2) is 0 Å². The molecule has 1 N–H and O–H groups in total. The van der Waals surface area contributed by atoms with Gasteiger partial charge in [0.2, 0.25) is 0 Å². The topological polar surface area (TPSA) is 54.7 Å². The van der Waals surface area contributed by atoms with Crippen molar-refractivity contribution in [2.24, 2.45) is 7.05 Å². The van der Waals surface area contributed by atoms with Gasteiger partial charge < -0.3 is 19.3 Å². The molecule has 0 spiro atoms. The molecule has 3 heterocycles. The second kappa shape index (κ2) is 4.98. The minimum atomic E-state index is -0.620. The summed E-state index contributed by atoms with van der Waals surface area (Å²) in [6.45, 7) is 8.72. The fourth-order valence-corrected chi connectivity index (χ4v) is 3.65. The van der Waals surface area contributed by atoms with Gasteiger partial charge in [0.25, 0.3) is 5.56 Å². The normalized spacial score (nSPS) is 19.7. The SMILES string of the molecule is C=C1C=C(C)c2cc3c(C)cc(=O)n(C)c3c3c2N1CC(O)CO3. The number of pyridine rings is 1. The Morgan fingerprint density at radius 2 is 2.08 bits per heavy atom. The average molecular weight is 324 g/mol. The van der Waals surface area contributed by atoms with E-state index in [0.717, 1.165) is 39.0 Å². The lowest BCUT2D eigenvalue weighted by Gasteiger charge is -2.32. The van der Waals surface area contributed by atoms with E-state index in [4.69, 9.17) is 4.74 Å². The summed E-state index contributed by atoms with van der Waals surface area (Å²) in [5.74, 6) is 0.649. The molecule has 5 nitrogen and oxygen atoms in total. The van der Waals surface area contributed by atoms with Crippen LogP contribution in [0.1, 0.15) is 18.1 Å². The first kappa shape index (κ1) is 15.0. The van der Waals surface area contributed by atoms with Crippen LogP contribution in [0.3, 0.4) is 0 Å². The minimum Gasteiger partial charge on any atom is -0.486 e. The van der Waals surface area contributed by atoms with Crippen molar-refractivity contribution in [1.29, 1.82) is 0 Å². The number of aliphatic hydroxyl groups is 1. The van der Waals surface area contributed by atoms with Crippen LogP contribution in [0.4, 0.5) is 5.69 Å². The summed E-state index contributed by atoms with van der Waals surface area (Å²) >= 11 is 0. The highest BCUT2D eigenvalue weighted by atomic mass is 16.5. The van der Waals surface area contributed by atoms with Crippen LogP contribution in [0.25, 0.3) is 16.5 Å². The zero-order chi connectivity index (χ0) is 17.2. The van der Waals surface area contributed by atoms with E-state index >= 15 is 0 Å². The van der Waals surface area contributed by atoms with Gasteiger partial charge >= 0.3 is 0 Å². The van der Waals surface area contributed by atoms with Crippen LogP contribution in [0.2, 0.25) is 0 Å². The Morgan fingerprint density at radius 1 is 1.33 bits per heavy atom. The van der Waals surface area contributed by atoms with Gasteiger partial charge in [0, 0.05) is 29.8 Å². The lowest BCUT2D eigenvalue weighted by molar-refractivity contribution is 0.120. The molecule has 0 amide bonds. The van der Waals surface area contributed by atoms with Crippen LogP contribution >= 0.6 is 0 Å². The second-order valence-electron chi connectivity index (χ2n) is 6.62. The molecule has 0 aliphatic carbocycles. The first-order valence-electron chi connectivity index (χ1n) is 8.02. The van der Waals surface area contributed by atoms with E-state index in [-0.39, 0.29) is 12.2 Å². The van der Waals surface area contributed by atoms with Crippen molar-refractivity contribution in [3.05, 3.63) is 52.0 Å². The Hall–Kier alpha value is -2.53. The van der Waals surface area contributed by atoms with Crippen molar-refractivity contribution in [3.8, 4) is 5.75 Å². The summed E-state index contributed by atoms with van der Waals surface area (Å²) in [5.41, 5.74) is 5.48. The number of benzene rings is 1. The van der Waals surface area contributed by atoms with Crippen molar-refractivity contribution in [2.45, 2.75) is 20.0 Å².